The molecule has 2 aromatic heterocycles. The number of fused-ring (bicyclic) bond motifs is 5. The standard InChI is InChI=1S/C23H21F2N3O4/c1-4-23(31)13-5-16-20-11(7-28(16)21(29)12(13)8-32-22(23)30)17(10(3)26)18-15(27-20)6-14(24)9(2)19(18)25/h5-6,10,31H,4,7-8,26H2,1-3H3/t10-,23+/m1/s1. The van der Waals surface area contributed by atoms with Crippen molar-refractivity contribution < 1.29 is 23.4 Å². The second-order valence-corrected chi connectivity index (χ2v) is 8.44. The number of halogens is 2. The van der Waals surface area contributed by atoms with Crippen molar-refractivity contribution in [1.29, 1.82) is 0 Å². The Kier molecular flexibility index (Phi) is 4.31. The summed E-state index contributed by atoms with van der Waals surface area (Å²) in [4.78, 5) is 30.1. The zero-order valence-electron chi connectivity index (χ0n) is 17.8. The molecule has 4 heterocycles. The van der Waals surface area contributed by atoms with Crippen molar-refractivity contribution >= 4 is 16.9 Å². The molecule has 0 bridgehead atoms. The van der Waals surface area contributed by atoms with Crippen LogP contribution in [0.3, 0.4) is 0 Å². The largest absolute Gasteiger partial charge is 0.458 e. The van der Waals surface area contributed by atoms with Crippen molar-refractivity contribution in [3.63, 3.8) is 0 Å². The number of aromatic nitrogens is 2. The van der Waals surface area contributed by atoms with Crippen molar-refractivity contribution in [3.05, 3.63) is 61.9 Å². The molecule has 0 amide bonds. The lowest BCUT2D eigenvalue weighted by Gasteiger charge is -2.31. The number of aliphatic hydroxyl groups is 1. The molecule has 1 aromatic carbocycles. The van der Waals surface area contributed by atoms with E-state index in [9.17, 15) is 19.1 Å². The number of esters is 1. The molecule has 166 valence electrons. The van der Waals surface area contributed by atoms with Gasteiger partial charge in [0.2, 0.25) is 0 Å². The van der Waals surface area contributed by atoms with Gasteiger partial charge in [-0.05, 0) is 31.9 Å². The summed E-state index contributed by atoms with van der Waals surface area (Å²) < 4.78 is 35.9. The number of hydrogen-bond donors (Lipinski definition) is 2. The van der Waals surface area contributed by atoms with Gasteiger partial charge in [-0.25, -0.2) is 18.6 Å². The molecule has 3 aromatic rings. The van der Waals surface area contributed by atoms with Gasteiger partial charge in [-0.2, -0.15) is 0 Å². The Labute approximate surface area is 181 Å². The van der Waals surface area contributed by atoms with Crippen LogP contribution in [0.1, 0.15) is 54.1 Å². The highest BCUT2D eigenvalue weighted by Crippen LogP contribution is 2.42. The quantitative estimate of drug-likeness (QED) is 0.463. The summed E-state index contributed by atoms with van der Waals surface area (Å²) in [7, 11) is 0. The zero-order valence-corrected chi connectivity index (χ0v) is 17.8. The summed E-state index contributed by atoms with van der Waals surface area (Å²) in [6, 6.07) is 2.08. The smallest absolute Gasteiger partial charge is 0.343 e. The van der Waals surface area contributed by atoms with Gasteiger partial charge in [-0.1, -0.05) is 6.92 Å². The van der Waals surface area contributed by atoms with E-state index in [1.807, 2.05) is 0 Å². The van der Waals surface area contributed by atoms with Crippen LogP contribution in [0.2, 0.25) is 0 Å². The molecule has 7 nitrogen and oxygen atoms in total. The third-order valence-electron chi connectivity index (χ3n) is 6.60. The Morgan fingerprint density at radius 2 is 2.03 bits per heavy atom. The molecule has 0 saturated carbocycles. The van der Waals surface area contributed by atoms with Crippen molar-refractivity contribution in [3.8, 4) is 11.4 Å². The number of carbonyl (C=O) groups excluding carboxylic acids is 1. The van der Waals surface area contributed by atoms with Gasteiger partial charge in [0.1, 0.15) is 18.2 Å². The predicted molar refractivity (Wildman–Crippen MR) is 112 cm³/mol. The van der Waals surface area contributed by atoms with Gasteiger partial charge < -0.3 is 20.1 Å². The van der Waals surface area contributed by atoms with Crippen LogP contribution in [0, 0.1) is 18.6 Å². The normalized spacial score (nSPS) is 20.0. The number of hydrogen-bond acceptors (Lipinski definition) is 6. The fourth-order valence-electron chi connectivity index (χ4n) is 4.80. The molecule has 0 unspecified atom stereocenters. The first-order valence-corrected chi connectivity index (χ1v) is 10.3. The molecule has 32 heavy (non-hydrogen) atoms. The monoisotopic (exact) mass is 441 g/mol. The molecule has 3 N–H and O–H groups in total. The highest BCUT2D eigenvalue weighted by molar-refractivity contribution is 5.90. The second-order valence-electron chi connectivity index (χ2n) is 8.44. The third kappa shape index (κ3) is 2.49. The minimum Gasteiger partial charge on any atom is -0.458 e. The summed E-state index contributed by atoms with van der Waals surface area (Å²) >= 11 is 0. The maximum absolute atomic E-state index is 15.1. The molecule has 0 saturated heterocycles. The number of nitrogens with zero attached hydrogens (tertiary/aromatic N) is 2. The van der Waals surface area contributed by atoms with Gasteiger partial charge >= 0.3 is 5.97 Å². The van der Waals surface area contributed by atoms with Gasteiger partial charge in [0.25, 0.3) is 5.56 Å². The minimum absolute atomic E-state index is 0.0144. The number of ether oxygens (including phenoxy) is 1. The molecule has 0 fully saturated rings. The fourth-order valence-corrected chi connectivity index (χ4v) is 4.80. The SMILES string of the molecule is CC[C@@]1(O)C(=O)OCc2c1cc1n(c2=O)Cc2c-1nc1cc(F)c(C)c(F)c1c2[C@@H](C)N. The highest BCUT2D eigenvalue weighted by atomic mass is 19.1. The summed E-state index contributed by atoms with van der Waals surface area (Å²) in [5, 5.41) is 11.1. The van der Waals surface area contributed by atoms with E-state index < -0.39 is 34.8 Å². The number of rotatable bonds is 2. The van der Waals surface area contributed by atoms with E-state index in [4.69, 9.17) is 10.5 Å². The van der Waals surface area contributed by atoms with Gasteiger partial charge in [0.15, 0.2) is 5.60 Å². The zero-order chi connectivity index (χ0) is 23.1. The van der Waals surface area contributed by atoms with E-state index >= 15 is 4.39 Å². The second kappa shape index (κ2) is 6.66. The van der Waals surface area contributed by atoms with E-state index in [-0.39, 0.29) is 47.2 Å². The number of nitrogens with two attached hydrogens (primary N) is 1. The number of benzene rings is 1. The molecular weight excluding hydrogens is 420 g/mol. The molecule has 9 heteroatoms. The van der Waals surface area contributed by atoms with Crippen LogP contribution >= 0.6 is 0 Å². The molecule has 2 aliphatic rings. The maximum Gasteiger partial charge on any atom is 0.343 e. The molecular formula is C23H21F2N3O4. The topological polar surface area (TPSA) is 107 Å². The summed E-state index contributed by atoms with van der Waals surface area (Å²) in [6.07, 6.45) is 0.0144. The third-order valence-corrected chi connectivity index (χ3v) is 6.60. The molecule has 0 spiro atoms. The first-order valence-electron chi connectivity index (χ1n) is 10.3. The van der Waals surface area contributed by atoms with Gasteiger partial charge in [-0.15, -0.1) is 0 Å². The minimum atomic E-state index is -1.96. The Morgan fingerprint density at radius 1 is 1.31 bits per heavy atom. The van der Waals surface area contributed by atoms with Gasteiger partial charge in [-0.3, -0.25) is 4.79 Å². The van der Waals surface area contributed by atoms with Crippen LogP contribution in [-0.2, 0) is 28.3 Å². The van der Waals surface area contributed by atoms with Crippen molar-refractivity contribution in [1.82, 2.24) is 9.55 Å². The predicted octanol–water partition coefficient (Wildman–Crippen LogP) is 2.69. The van der Waals surface area contributed by atoms with Crippen LogP contribution in [0.15, 0.2) is 16.9 Å². The Balaban J connectivity index is 1.88. The van der Waals surface area contributed by atoms with Crippen molar-refractivity contribution in [2.24, 2.45) is 5.73 Å². The summed E-state index contributed by atoms with van der Waals surface area (Å²) in [5.41, 5.74) is 5.84. The maximum atomic E-state index is 15.1. The lowest BCUT2D eigenvalue weighted by atomic mass is 9.86. The van der Waals surface area contributed by atoms with Crippen LogP contribution < -0.4 is 11.3 Å². The first-order chi connectivity index (χ1) is 15.1. The van der Waals surface area contributed by atoms with E-state index in [0.29, 0.717) is 22.5 Å². The molecule has 0 aliphatic carbocycles. The van der Waals surface area contributed by atoms with E-state index in [1.165, 1.54) is 11.5 Å². The van der Waals surface area contributed by atoms with Crippen LogP contribution in [0.5, 0.6) is 0 Å². The Hall–Kier alpha value is -3.17. The van der Waals surface area contributed by atoms with Crippen LogP contribution in [0.4, 0.5) is 8.78 Å². The van der Waals surface area contributed by atoms with Gasteiger partial charge in [0.05, 0.1) is 29.0 Å². The average molecular weight is 441 g/mol. The number of carbonyl (C=O) groups is 1. The molecule has 5 rings (SSSR count). The molecule has 0 radical (unpaired) electrons. The summed E-state index contributed by atoms with van der Waals surface area (Å²) in [6.45, 7) is 4.49. The number of cyclic esters (lactones) is 1. The van der Waals surface area contributed by atoms with E-state index in [2.05, 4.69) is 4.98 Å². The lowest BCUT2D eigenvalue weighted by Crippen LogP contribution is -2.44. The highest BCUT2D eigenvalue weighted by Gasteiger charge is 2.45. The van der Waals surface area contributed by atoms with Crippen LogP contribution in [0.25, 0.3) is 22.3 Å². The summed E-state index contributed by atoms with van der Waals surface area (Å²) in [5.74, 6) is -2.29. The lowest BCUT2D eigenvalue weighted by molar-refractivity contribution is -0.172. The van der Waals surface area contributed by atoms with Crippen molar-refractivity contribution in [2.75, 3.05) is 0 Å². The van der Waals surface area contributed by atoms with E-state index in [1.54, 1.807) is 19.9 Å². The van der Waals surface area contributed by atoms with Crippen LogP contribution in [-0.4, -0.2) is 20.6 Å². The fraction of sp³-hybridized carbons (Fsp3) is 0.348. The first kappa shape index (κ1) is 20.7. The Bertz CT molecular complexity index is 1410. The molecule has 2 aliphatic heterocycles. The Morgan fingerprint density at radius 3 is 2.69 bits per heavy atom. The molecule has 2 atom stereocenters. The van der Waals surface area contributed by atoms with Gasteiger partial charge in [0, 0.05) is 34.2 Å². The van der Waals surface area contributed by atoms with E-state index in [0.717, 1.165) is 6.07 Å². The number of pyridine rings is 2. The average Bonchev–Trinajstić information content (AvgIpc) is 3.12. The van der Waals surface area contributed by atoms with Crippen molar-refractivity contribution in [2.45, 2.75) is 52.0 Å².